The summed E-state index contributed by atoms with van der Waals surface area (Å²) >= 11 is 0. The number of H-pyrrole nitrogens is 1. The molecule has 134 valence electrons. The van der Waals surface area contributed by atoms with Crippen molar-refractivity contribution >= 4 is 23.7 Å². The second-order valence-electron chi connectivity index (χ2n) is 6.61. The third-order valence-electron chi connectivity index (χ3n) is 5.05. The van der Waals surface area contributed by atoms with Gasteiger partial charge in [0.25, 0.3) is 5.91 Å². The SMILES string of the molecule is C[C@H]1CCCC[C@@]12NC(=O)N(CC(=O)OCC(=O)c1ccc[nH]1)C2=O. The fraction of sp³-hybridized carbons (Fsp3) is 0.529. The number of urea groups is 1. The van der Waals surface area contributed by atoms with Crippen molar-refractivity contribution in [3.63, 3.8) is 0 Å². The number of Topliss-reactive ketones (excluding diaryl/α,β-unsaturated/α-hetero) is 1. The summed E-state index contributed by atoms with van der Waals surface area (Å²) in [6.45, 7) is 1.01. The molecule has 1 spiro atoms. The summed E-state index contributed by atoms with van der Waals surface area (Å²) in [5, 5.41) is 2.77. The molecule has 1 aromatic heterocycles. The highest BCUT2D eigenvalue weighted by Gasteiger charge is 2.55. The number of carbonyl (C=O) groups is 4. The number of ketones is 1. The fourth-order valence-corrected chi connectivity index (χ4v) is 3.54. The molecule has 0 aromatic carbocycles. The molecule has 25 heavy (non-hydrogen) atoms. The molecule has 8 heteroatoms. The monoisotopic (exact) mass is 347 g/mol. The van der Waals surface area contributed by atoms with E-state index in [0.717, 1.165) is 24.2 Å². The molecule has 1 aliphatic carbocycles. The van der Waals surface area contributed by atoms with Gasteiger partial charge >= 0.3 is 12.0 Å². The van der Waals surface area contributed by atoms with Crippen molar-refractivity contribution in [1.29, 1.82) is 0 Å². The van der Waals surface area contributed by atoms with E-state index in [1.54, 1.807) is 18.3 Å². The number of carbonyl (C=O) groups excluding carboxylic acids is 4. The molecule has 2 aliphatic rings. The number of nitrogens with zero attached hydrogens (tertiary/aromatic N) is 1. The summed E-state index contributed by atoms with van der Waals surface area (Å²) in [4.78, 5) is 52.3. The Hall–Kier alpha value is -2.64. The van der Waals surface area contributed by atoms with Crippen LogP contribution in [0, 0.1) is 5.92 Å². The van der Waals surface area contributed by atoms with E-state index in [1.165, 1.54) is 0 Å². The molecule has 3 rings (SSSR count). The van der Waals surface area contributed by atoms with E-state index in [1.807, 2.05) is 6.92 Å². The van der Waals surface area contributed by atoms with Crippen LogP contribution in [-0.4, -0.2) is 52.3 Å². The quantitative estimate of drug-likeness (QED) is 0.473. The van der Waals surface area contributed by atoms with E-state index in [0.29, 0.717) is 12.1 Å². The third kappa shape index (κ3) is 3.16. The number of hydrogen-bond acceptors (Lipinski definition) is 5. The minimum atomic E-state index is -0.907. The Morgan fingerprint density at radius 3 is 2.84 bits per heavy atom. The van der Waals surface area contributed by atoms with Crippen LogP contribution in [0.1, 0.15) is 43.1 Å². The number of rotatable bonds is 5. The summed E-state index contributed by atoms with van der Waals surface area (Å²) in [6, 6.07) is 2.65. The van der Waals surface area contributed by atoms with Crippen LogP contribution in [0.5, 0.6) is 0 Å². The maximum Gasteiger partial charge on any atom is 0.326 e. The predicted molar refractivity (Wildman–Crippen MR) is 86.7 cm³/mol. The molecular formula is C17H21N3O5. The van der Waals surface area contributed by atoms with Gasteiger partial charge < -0.3 is 15.0 Å². The van der Waals surface area contributed by atoms with Crippen LogP contribution in [0.25, 0.3) is 0 Å². The van der Waals surface area contributed by atoms with Gasteiger partial charge in [-0.25, -0.2) is 4.79 Å². The molecule has 1 saturated heterocycles. The smallest absolute Gasteiger partial charge is 0.326 e. The lowest BCUT2D eigenvalue weighted by Crippen LogP contribution is -2.54. The molecule has 3 amide bonds. The molecule has 1 aromatic rings. The number of ether oxygens (including phenoxy) is 1. The number of imide groups is 1. The molecule has 8 nitrogen and oxygen atoms in total. The Bertz CT molecular complexity index is 699. The first-order valence-corrected chi connectivity index (χ1v) is 8.40. The highest BCUT2D eigenvalue weighted by atomic mass is 16.5. The Labute approximate surface area is 144 Å². The molecule has 2 atom stereocenters. The molecule has 2 heterocycles. The lowest BCUT2D eigenvalue weighted by Gasteiger charge is -2.36. The minimum Gasteiger partial charge on any atom is -0.456 e. The predicted octanol–water partition coefficient (Wildman–Crippen LogP) is 1.24. The Balaban J connectivity index is 1.58. The topological polar surface area (TPSA) is 109 Å². The molecule has 1 aliphatic heterocycles. The maximum absolute atomic E-state index is 12.7. The van der Waals surface area contributed by atoms with Crippen LogP contribution in [0.4, 0.5) is 4.79 Å². The first-order valence-electron chi connectivity index (χ1n) is 8.40. The molecule has 2 fully saturated rings. The van der Waals surface area contributed by atoms with E-state index >= 15 is 0 Å². The highest BCUT2D eigenvalue weighted by molar-refractivity contribution is 6.09. The van der Waals surface area contributed by atoms with Gasteiger partial charge in [0, 0.05) is 6.20 Å². The van der Waals surface area contributed by atoms with E-state index in [9.17, 15) is 19.2 Å². The lowest BCUT2D eigenvalue weighted by molar-refractivity contribution is -0.147. The van der Waals surface area contributed by atoms with E-state index in [2.05, 4.69) is 10.3 Å². The molecule has 0 unspecified atom stereocenters. The average Bonchev–Trinajstić information content (AvgIpc) is 3.20. The average molecular weight is 347 g/mol. The number of aromatic amines is 1. The van der Waals surface area contributed by atoms with Gasteiger partial charge in [0.2, 0.25) is 5.78 Å². The van der Waals surface area contributed by atoms with Gasteiger partial charge in [0.1, 0.15) is 12.1 Å². The second kappa shape index (κ2) is 6.70. The van der Waals surface area contributed by atoms with Gasteiger partial charge in [0.15, 0.2) is 6.61 Å². The van der Waals surface area contributed by atoms with Gasteiger partial charge in [-0.15, -0.1) is 0 Å². The Kier molecular flexibility index (Phi) is 4.61. The summed E-state index contributed by atoms with van der Waals surface area (Å²) in [5.41, 5.74) is -0.576. The maximum atomic E-state index is 12.7. The number of nitrogens with one attached hydrogen (secondary N) is 2. The molecule has 2 N–H and O–H groups in total. The van der Waals surface area contributed by atoms with Crippen LogP contribution in [-0.2, 0) is 14.3 Å². The van der Waals surface area contributed by atoms with Crippen molar-refractivity contribution in [2.45, 2.75) is 38.1 Å². The standard InChI is InChI=1S/C17H21N3O5/c1-11-5-2-3-7-17(11)15(23)20(16(24)19-17)9-14(22)25-10-13(21)12-6-4-8-18-12/h4,6,8,11,18H,2-3,5,7,9-10H2,1H3,(H,19,24)/t11-,17+/m0/s1. The van der Waals surface area contributed by atoms with Crippen LogP contribution in [0.3, 0.4) is 0 Å². The summed E-state index contributed by atoms with van der Waals surface area (Å²) < 4.78 is 4.91. The van der Waals surface area contributed by atoms with E-state index in [4.69, 9.17) is 4.74 Å². The second-order valence-corrected chi connectivity index (χ2v) is 6.61. The van der Waals surface area contributed by atoms with Crippen molar-refractivity contribution in [2.75, 3.05) is 13.2 Å². The van der Waals surface area contributed by atoms with E-state index < -0.39 is 30.7 Å². The van der Waals surface area contributed by atoms with Gasteiger partial charge in [-0.1, -0.05) is 19.8 Å². The van der Waals surface area contributed by atoms with Crippen molar-refractivity contribution < 1.29 is 23.9 Å². The number of amides is 3. The Morgan fingerprint density at radius 2 is 2.16 bits per heavy atom. The zero-order valence-corrected chi connectivity index (χ0v) is 14.0. The molecule has 0 bridgehead atoms. The normalized spacial score (nSPS) is 26.0. The van der Waals surface area contributed by atoms with Gasteiger partial charge in [-0.2, -0.15) is 0 Å². The van der Waals surface area contributed by atoms with Crippen molar-refractivity contribution in [2.24, 2.45) is 5.92 Å². The first-order chi connectivity index (χ1) is 11.9. The molecule has 0 radical (unpaired) electrons. The summed E-state index contributed by atoms with van der Waals surface area (Å²) in [5.74, 6) is -1.53. The zero-order valence-electron chi connectivity index (χ0n) is 14.0. The largest absolute Gasteiger partial charge is 0.456 e. The zero-order chi connectivity index (χ0) is 18.0. The lowest BCUT2D eigenvalue weighted by atomic mass is 9.73. The number of esters is 1. The highest BCUT2D eigenvalue weighted by Crippen LogP contribution is 2.38. The van der Waals surface area contributed by atoms with Crippen molar-refractivity contribution in [1.82, 2.24) is 15.2 Å². The fourth-order valence-electron chi connectivity index (χ4n) is 3.54. The summed E-state index contributed by atoms with van der Waals surface area (Å²) in [6.07, 6.45) is 4.91. The third-order valence-corrected chi connectivity index (χ3v) is 5.05. The van der Waals surface area contributed by atoms with Crippen LogP contribution < -0.4 is 5.32 Å². The molecular weight excluding hydrogens is 326 g/mol. The number of hydrogen-bond donors (Lipinski definition) is 2. The summed E-state index contributed by atoms with van der Waals surface area (Å²) in [7, 11) is 0. The number of aromatic nitrogens is 1. The molecule has 1 saturated carbocycles. The Morgan fingerprint density at radius 1 is 1.36 bits per heavy atom. The first kappa shape index (κ1) is 17.2. The van der Waals surface area contributed by atoms with Crippen LogP contribution >= 0.6 is 0 Å². The van der Waals surface area contributed by atoms with E-state index in [-0.39, 0.29) is 17.6 Å². The van der Waals surface area contributed by atoms with Gasteiger partial charge in [-0.05, 0) is 30.9 Å². The van der Waals surface area contributed by atoms with Crippen LogP contribution in [0.2, 0.25) is 0 Å². The van der Waals surface area contributed by atoms with Crippen LogP contribution in [0.15, 0.2) is 18.3 Å². The van der Waals surface area contributed by atoms with Gasteiger partial charge in [-0.3, -0.25) is 19.3 Å². The van der Waals surface area contributed by atoms with Crippen molar-refractivity contribution in [3.8, 4) is 0 Å². The minimum absolute atomic E-state index is 0.0215. The van der Waals surface area contributed by atoms with Crippen molar-refractivity contribution in [3.05, 3.63) is 24.0 Å². The van der Waals surface area contributed by atoms with Gasteiger partial charge in [0.05, 0.1) is 5.69 Å².